The number of nitrogens with one attached hydrogen (secondary N) is 1. The Morgan fingerprint density at radius 3 is 2.35 bits per heavy atom. The molecule has 1 N–H and O–H groups in total. The maximum absolute atomic E-state index is 3.49. The zero-order valence-electron chi connectivity index (χ0n) is 12.6. The first-order valence-corrected chi connectivity index (χ1v) is 7.34. The summed E-state index contributed by atoms with van der Waals surface area (Å²) in [6.07, 6.45) is 6.84. The van der Waals surface area contributed by atoms with Crippen molar-refractivity contribution in [2.45, 2.75) is 71.9 Å². The van der Waals surface area contributed by atoms with E-state index in [0.717, 1.165) is 12.6 Å². The van der Waals surface area contributed by atoms with Gasteiger partial charge in [0.1, 0.15) is 0 Å². The molecule has 1 aliphatic carbocycles. The fourth-order valence-corrected chi connectivity index (χ4v) is 2.73. The number of nitrogens with zero attached hydrogens (tertiary/aromatic N) is 1. The summed E-state index contributed by atoms with van der Waals surface area (Å²) >= 11 is 0. The van der Waals surface area contributed by atoms with Crippen LogP contribution in [0.3, 0.4) is 0 Å². The molecule has 0 unspecified atom stereocenters. The van der Waals surface area contributed by atoms with Gasteiger partial charge in [-0.3, -0.25) is 0 Å². The van der Waals surface area contributed by atoms with Crippen LogP contribution in [0.25, 0.3) is 0 Å². The van der Waals surface area contributed by atoms with Gasteiger partial charge in [-0.15, -0.1) is 0 Å². The van der Waals surface area contributed by atoms with Crippen LogP contribution < -0.4 is 5.32 Å². The van der Waals surface area contributed by atoms with E-state index in [4.69, 9.17) is 0 Å². The maximum Gasteiger partial charge on any atom is 0.00926 e. The van der Waals surface area contributed by atoms with Crippen molar-refractivity contribution in [1.82, 2.24) is 10.2 Å². The molecule has 1 aliphatic rings. The molecule has 0 heterocycles. The van der Waals surface area contributed by atoms with E-state index < -0.39 is 0 Å². The van der Waals surface area contributed by atoms with Gasteiger partial charge < -0.3 is 10.2 Å². The van der Waals surface area contributed by atoms with Gasteiger partial charge >= 0.3 is 0 Å². The van der Waals surface area contributed by atoms with Crippen molar-refractivity contribution >= 4 is 0 Å². The zero-order valence-corrected chi connectivity index (χ0v) is 12.6. The van der Waals surface area contributed by atoms with Gasteiger partial charge in [-0.1, -0.05) is 27.7 Å². The highest BCUT2D eigenvalue weighted by atomic mass is 15.1. The zero-order chi connectivity index (χ0) is 12.9. The number of hydrogen-bond acceptors (Lipinski definition) is 2. The molecule has 0 bridgehead atoms. The first-order chi connectivity index (χ1) is 7.91. The summed E-state index contributed by atoms with van der Waals surface area (Å²) in [5, 5.41) is 3.49. The summed E-state index contributed by atoms with van der Waals surface area (Å²) in [6, 6.07) is 1.46. The number of rotatable bonds is 6. The smallest absolute Gasteiger partial charge is 0.00926 e. The summed E-state index contributed by atoms with van der Waals surface area (Å²) in [5.74, 6) is 0. The molecule has 102 valence electrons. The second kappa shape index (κ2) is 6.75. The Morgan fingerprint density at radius 2 is 1.82 bits per heavy atom. The summed E-state index contributed by atoms with van der Waals surface area (Å²) in [7, 11) is 2.30. The van der Waals surface area contributed by atoms with Crippen molar-refractivity contribution in [3.63, 3.8) is 0 Å². The lowest BCUT2D eigenvalue weighted by Gasteiger charge is -2.38. The fourth-order valence-electron chi connectivity index (χ4n) is 2.73. The molecule has 1 fully saturated rings. The molecular weight excluding hydrogens is 208 g/mol. The first-order valence-electron chi connectivity index (χ1n) is 7.34. The molecule has 1 saturated carbocycles. The van der Waals surface area contributed by atoms with Crippen molar-refractivity contribution < 1.29 is 0 Å². The third-order valence-corrected chi connectivity index (χ3v) is 4.17. The van der Waals surface area contributed by atoms with E-state index in [9.17, 15) is 0 Å². The lowest BCUT2D eigenvalue weighted by Crippen LogP contribution is -2.38. The SMILES string of the molecule is CC(C)NCCCN(C)C1CCC(C)(C)CC1. The quantitative estimate of drug-likeness (QED) is 0.717. The van der Waals surface area contributed by atoms with Gasteiger partial charge in [0.25, 0.3) is 0 Å². The minimum Gasteiger partial charge on any atom is -0.314 e. The van der Waals surface area contributed by atoms with Crippen LogP contribution in [0.15, 0.2) is 0 Å². The Morgan fingerprint density at radius 1 is 1.24 bits per heavy atom. The largest absolute Gasteiger partial charge is 0.314 e. The Hall–Kier alpha value is -0.0800. The monoisotopic (exact) mass is 240 g/mol. The van der Waals surface area contributed by atoms with Crippen molar-refractivity contribution in [2.75, 3.05) is 20.1 Å². The van der Waals surface area contributed by atoms with Crippen LogP contribution in [0.4, 0.5) is 0 Å². The highest BCUT2D eigenvalue weighted by molar-refractivity contribution is 4.82. The second-order valence-corrected chi connectivity index (χ2v) is 6.84. The summed E-state index contributed by atoms with van der Waals surface area (Å²) in [6.45, 7) is 11.6. The van der Waals surface area contributed by atoms with Crippen LogP contribution in [0.2, 0.25) is 0 Å². The van der Waals surface area contributed by atoms with E-state index in [1.807, 2.05) is 0 Å². The van der Waals surface area contributed by atoms with Gasteiger partial charge in [-0.2, -0.15) is 0 Å². The average molecular weight is 240 g/mol. The molecular formula is C15H32N2. The van der Waals surface area contributed by atoms with E-state index in [1.54, 1.807) is 0 Å². The van der Waals surface area contributed by atoms with E-state index in [0.29, 0.717) is 11.5 Å². The van der Waals surface area contributed by atoms with E-state index in [1.165, 1.54) is 38.6 Å². The lowest BCUT2D eigenvalue weighted by molar-refractivity contribution is 0.126. The highest BCUT2D eigenvalue weighted by Gasteiger charge is 2.28. The normalized spacial score (nSPS) is 21.4. The third-order valence-electron chi connectivity index (χ3n) is 4.17. The van der Waals surface area contributed by atoms with Gasteiger partial charge in [0, 0.05) is 12.1 Å². The molecule has 0 amide bonds. The summed E-state index contributed by atoms with van der Waals surface area (Å²) in [5.41, 5.74) is 0.594. The molecule has 1 rings (SSSR count). The predicted octanol–water partition coefficient (Wildman–Crippen LogP) is 3.28. The van der Waals surface area contributed by atoms with Crippen molar-refractivity contribution in [1.29, 1.82) is 0 Å². The first kappa shape index (κ1) is 15.0. The van der Waals surface area contributed by atoms with Gasteiger partial charge in [-0.25, -0.2) is 0 Å². The van der Waals surface area contributed by atoms with Gasteiger partial charge in [-0.05, 0) is 57.7 Å². The molecule has 0 spiro atoms. The van der Waals surface area contributed by atoms with Crippen LogP contribution in [-0.2, 0) is 0 Å². The molecule has 2 nitrogen and oxygen atoms in total. The fraction of sp³-hybridized carbons (Fsp3) is 1.00. The van der Waals surface area contributed by atoms with Crippen LogP contribution in [-0.4, -0.2) is 37.1 Å². The Bertz CT molecular complexity index is 201. The molecule has 0 radical (unpaired) electrons. The average Bonchev–Trinajstić information content (AvgIpc) is 2.23. The highest BCUT2D eigenvalue weighted by Crippen LogP contribution is 2.36. The van der Waals surface area contributed by atoms with Crippen LogP contribution >= 0.6 is 0 Å². The second-order valence-electron chi connectivity index (χ2n) is 6.84. The molecule has 2 heteroatoms. The Kier molecular flexibility index (Phi) is 5.94. The maximum atomic E-state index is 3.49. The van der Waals surface area contributed by atoms with Crippen molar-refractivity contribution in [2.24, 2.45) is 5.41 Å². The van der Waals surface area contributed by atoms with Crippen LogP contribution in [0.1, 0.15) is 59.8 Å². The van der Waals surface area contributed by atoms with E-state index >= 15 is 0 Å². The molecule has 0 saturated heterocycles. The van der Waals surface area contributed by atoms with Gasteiger partial charge in [0.2, 0.25) is 0 Å². The third kappa shape index (κ3) is 5.87. The molecule has 0 aromatic rings. The minimum absolute atomic E-state index is 0.594. The van der Waals surface area contributed by atoms with Crippen molar-refractivity contribution in [3.05, 3.63) is 0 Å². The van der Waals surface area contributed by atoms with Crippen molar-refractivity contribution in [3.8, 4) is 0 Å². The Balaban J connectivity index is 2.14. The molecule has 0 aromatic heterocycles. The summed E-state index contributed by atoms with van der Waals surface area (Å²) in [4.78, 5) is 2.58. The standard InChI is InChI=1S/C15H32N2/c1-13(2)16-11-6-12-17(5)14-7-9-15(3,4)10-8-14/h13-14,16H,6-12H2,1-5H3. The lowest BCUT2D eigenvalue weighted by atomic mass is 9.75. The minimum atomic E-state index is 0.594. The molecule has 0 aliphatic heterocycles. The van der Waals surface area contributed by atoms with E-state index in [2.05, 4.69) is 45.0 Å². The number of hydrogen-bond donors (Lipinski definition) is 1. The van der Waals surface area contributed by atoms with Gasteiger partial charge in [0.05, 0.1) is 0 Å². The summed E-state index contributed by atoms with van der Waals surface area (Å²) < 4.78 is 0. The van der Waals surface area contributed by atoms with Crippen LogP contribution in [0.5, 0.6) is 0 Å². The van der Waals surface area contributed by atoms with E-state index in [-0.39, 0.29) is 0 Å². The molecule has 0 aromatic carbocycles. The molecule has 17 heavy (non-hydrogen) atoms. The Labute approximate surface area is 108 Å². The van der Waals surface area contributed by atoms with Crippen LogP contribution in [0, 0.1) is 5.41 Å². The molecule has 0 atom stereocenters. The van der Waals surface area contributed by atoms with Gasteiger partial charge in [0.15, 0.2) is 0 Å². The predicted molar refractivity (Wildman–Crippen MR) is 76.4 cm³/mol. The topological polar surface area (TPSA) is 15.3 Å².